The number of aryl methyl sites for hydroxylation is 1. The molecule has 0 aliphatic carbocycles. The van der Waals surface area contributed by atoms with Gasteiger partial charge in [0, 0.05) is 44.2 Å². The molecule has 0 amide bonds. The molecule has 1 fully saturated rings. The highest BCUT2D eigenvalue weighted by atomic mass is 16.1. The summed E-state index contributed by atoms with van der Waals surface area (Å²) in [5.41, 5.74) is 1.59. The van der Waals surface area contributed by atoms with Gasteiger partial charge in [-0.05, 0) is 25.1 Å². The van der Waals surface area contributed by atoms with E-state index in [0.29, 0.717) is 6.54 Å². The van der Waals surface area contributed by atoms with Gasteiger partial charge in [-0.15, -0.1) is 15.3 Å². The van der Waals surface area contributed by atoms with Crippen LogP contribution in [0.15, 0.2) is 29.1 Å². The lowest BCUT2D eigenvalue weighted by molar-refractivity contribution is 0.241. The van der Waals surface area contributed by atoms with Crippen molar-refractivity contribution in [3.8, 4) is 0 Å². The Labute approximate surface area is 170 Å². The smallest absolute Gasteiger partial charge is 0.266 e. The molecule has 3 aromatic rings. The fourth-order valence-electron chi connectivity index (χ4n) is 3.50. The third-order valence-corrected chi connectivity index (χ3v) is 5.36. The maximum atomic E-state index is 12.2. The highest BCUT2D eigenvalue weighted by Crippen LogP contribution is 2.18. The average Bonchev–Trinajstić information content (AvgIpc) is 3.07. The Morgan fingerprint density at radius 3 is 2.41 bits per heavy atom. The summed E-state index contributed by atoms with van der Waals surface area (Å²) >= 11 is 0. The largest absolute Gasteiger partial charge is 0.353 e. The first kappa shape index (κ1) is 19.5. The standard InChI is InChI=1S/C20H28N8O/c1-15-21-22-17-6-7-18(24-28(15)17)26-12-9-25(10-13-26)11-14-27-19(29)8-5-16(23-27)20(2,3)4/h5-8H,9-14H2,1-4H3. The SMILES string of the molecule is Cc1nnc2ccc(N3CCN(CCn4nc(C(C)(C)C)ccc4=O)CC3)nn12. The van der Waals surface area contributed by atoms with Crippen LogP contribution < -0.4 is 10.5 Å². The Bertz CT molecular complexity index is 1060. The molecule has 4 heterocycles. The van der Waals surface area contributed by atoms with Crippen LogP contribution in [-0.2, 0) is 12.0 Å². The monoisotopic (exact) mass is 396 g/mol. The van der Waals surface area contributed by atoms with Crippen molar-refractivity contribution in [3.63, 3.8) is 0 Å². The van der Waals surface area contributed by atoms with E-state index in [9.17, 15) is 4.79 Å². The summed E-state index contributed by atoms with van der Waals surface area (Å²) in [6, 6.07) is 7.41. The minimum absolute atomic E-state index is 0.0431. The van der Waals surface area contributed by atoms with E-state index < -0.39 is 0 Å². The second kappa shape index (κ2) is 7.55. The van der Waals surface area contributed by atoms with E-state index in [0.717, 1.165) is 55.7 Å². The van der Waals surface area contributed by atoms with Crippen LogP contribution >= 0.6 is 0 Å². The van der Waals surface area contributed by atoms with Crippen LogP contribution in [0.25, 0.3) is 5.65 Å². The van der Waals surface area contributed by atoms with Crippen molar-refractivity contribution >= 4 is 11.5 Å². The Morgan fingerprint density at radius 1 is 0.931 bits per heavy atom. The maximum absolute atomic E-state index is 12.2. The van der Waals surface area contributed by atoms with Crippen molar-refractivity contribution < 1.29 is 0 Å². The van der Waals surface area contributed by atoms with E-state index in [1.807, 2.05) is 25.1 Å². The number of aromatic nitrogens is 6. The first-order valence-corrected chi connectivity index (χ1v) is 10.1. The van der Waals surface area contributed by atoms with Gasteiger partial charge in [0.1, 0.15) is 5.82 Å². The molecular formula is C20H28N8O. The second-order valence-electron chi connectivity index (χ2n) is 8.57. The zero-order chi connectivity index (χ0) is 20.6. The second-order valence-corrected chi connectivity index (χ2v) is 8.57. The molecule has 3 aromatic heterocycles. The number of anilines is 1. The van der Waals surface area contributed by atoms with Gasteiger partial charge in [-0.3, -0.25) is 9.69 Å². The lowest BCUT2D eigenvalue weighted by Crippen LogP contribution is -2.48. The quantitative estimate of drug-likeness (QED) is 0.653. The minimum atomic E-state index is -0.0711. The van der Waals surface area contributed by atoms with E-state index in [2.05, 4.69) is 51.0 Å². The van der Waals surface area contributed by atoms with Gasteiger partial charge in [0.25, 0.3) is 5.56 Å². The molecule has 0 unspecified atom stereocenters. The molecule has 0 N–H and O–H groups in total. The van der Waals surface area contributed by atoms with Crippen LogP contribution in [0.1, 0.15) is 32.3 Å². The number of fused-ring (bicyclic) bond motifs is 1. The summed E-state index contributed by atoms with van der Waals surface area (Å²) in [4.78, 5) is 16.8. The fraction of sp³-hybridized carbons (Fsp3) is 0.550. The van der Waals surface area contributed by atoms with Crippen LogP contribution in [0.2, 0.25) is 0 Å². The molecule has 0 spiro atoms. The first-order chi connectivity index (χ1) is 13.8. The van der Waals surface area contributed by atoms with Crippen molar-refractivity contribution in [1.82, 2.24) is 34.5 Å². The molecule has 154 valence electrons. The van der Waals surface area contributed by atoms with Gasteiger partial charge in [0.15, 0.2) is 11.5 Å². The van der Waals surface area contributed by atoms with Gasteiger partial charge >= 0.3 is 0 Å². The average molecular weight is 396 g/mol. The van der Waals surface area contributed by atoms with E-state index in [1.54, 1.807) is 15.3 Å². The topological polar surface area (TPSA) is 84.5 Å². The predicted octanol–water partition coefficient (Wildman–Crippen LogP) is 1.11. The summed E-state index contributed by atoms with van der Waals surface area (Å²) < 4.78 is 3.37. The summed E-state index contributed by atoms with van der Waals surface area (Å²) in [5.74, 6) is 1.73. The number of piperazine rings is 1. The van der Waals surface area contributed by atoms with Gasteiger partial charge in [-0.25, -0.2) is 4.68 Å². The lowest BCUT2D eigenvalue weighted by atomic mass is 9.92. The number of hydrogen-bond acceptors (Lipinski definition) is 7. The van der Waals surface area contributed by atoms with Crippen LogP contribution in [0.5, 0.6) is 0 Å². The first-order valence-electron chi connectivity index (χ1n) is 10.1. The van der Waals surface area contributed by atoms with E-state index in [1.165, 1.54) is 0 Å². The number of nitrogens with zero attached hydrogens (tertiary/aromatic N) is 8. The van der Waals surface area contributed by atoms with Crippen molar-refractivity contribution in [2.75, 3.05) is 37.6 Å². The summed E-state index contributed by atoms with van der Waals surface area (Å²) in [5, 5.41) is 17.4. The summed E-state index contributed by atoms with van der Waals surface area (Å²) in [6.07, 6.45) is 0. The Hall–Kier alpha value is -2.81. The third kappa shape index (κ3) is 4.14. The van der Waals surface area contributed by atoms with Gasteiger partial charge in [0.05, 0.1) is 12.2 Å². The minimum Gasteiger partial charge on any atom is -0.353 e. The summed E-state index contributed by atoms with van der Waals surface area (Å²) in [7, 11) is 0. The molecule has 0 aromatic carbocycles. The molecule has 4 rings (SSSR count). The number of rotatable bonds is 4. The Morgan fingerprint density at radius 2 is 1.69 bits per heavy atom. The maximum Gasteiger partial charge on any atom is 0.266 e. The van der Waals surface area contributed by atoms with Gasteiger partial charge in [-0.1, -0.05) is 20.8 Å². The van der Waals surface area contributed by atoms with E-state index in [4.69, 9.17) is 0 Å². The molecule has 0 bridgehead atoms. The molecular weight excluding hydrogens is 368 g/mol. The predicted molar refractivity (Wildman–Crippen MR) is 111 cm³/mol. The van der Waals surface area contributed by atoms with Crippen molar-refractivity contribution in [1.29, 1.82) is 0 Å². The van der Waals surface area contributed by atoms with E-state index >= 15 is 0 Å². The number of hydrogen-bond donors (Lipinski definition) is 0. The summed E-state index contributed by atoms with van der Waals surface area (Å²) in [6.45, 7) is 13.3. The third-order valence-electron chi connectivity index (χ3n) is 5.36. The zero-order valence-corrected chi connectivity index (χ0v) is 17.5. The molecule has 9 nitrogen and oxygen atoms in total. The van der Waals surface area contributed by atoms with Crippen molar-refractivity contribution in [3.05, 3.63) is 46.1 Å². The fourth-order valence-corrected chi connectivity index (χ4v) is 3.50. The van der Waals surface area contributed by atoms with Crippen LogP contribution in [-0.4, -0.2) is 67.2 Å². The molecule has 0 saturated carbocycles. The van der Waals surface area contributed by atoms with Crippen LogP contribution in [0.4, 0.5) is 5.82 Å². The van der Waals surface area contributed by atoms with Gasteiger partial charge in [0.2, 0.25) is 0 Å². The molecule has 0 radical (unpaired) electrons. The van der Waals surface area contributed by atoms with Gasteiger partial charge < -0.3 is 4.90 Å². The molecule has 1 aliphatic heterocycles. The molecule has 29 heavy (non-hydrogen) atoms. The lowest BCUT2D eigenvalue weighted by Gasteiger charge is -2.35. The Kier molecular flexibility index (Phi) is 5.08. The zero-order valence-electron chi connectivity index (χ0n) is 17.5. The highest BCUT2D eigenvalue weighted by Gasteiger charge is 2.20. The molecule has 9 heteroatoms. The molecule has 1 aliphatic rings. The van der Waals surface area contributed by atoms with Gasteiger partial charge in [-0.2, -0.15) is 9.61 Å². The highest BCUT2D eigenvalue weighted by molar-refractivity contribution is 5.46. The molecule has 1 saturated heterocycles. The van der Waals surface area contributed by atoms with Crippen molar-refractivity contribution in [2.45, 2.75) is 39.7 Å². The molecule has 0 atom stereocenters. The van der Waals surface area contributed by atoms with Crippen LogP contribution in [0.3, 0.4) is 0 Å². The normalized spacial score (nSPS) is 15.9. The van der Waals surface area contributed by atoms with Crippen LogP contribution in [0, 0.1) is 6.92 Å². The van der Waals surface area contributed by atoms with Crippen molar-refractivity contribution in [2.24, 2.45) is 0 Å². The Balaban J connectivity index is 1.36. The van der Waals surface area contributed by atoms with E-state index in [-0.39, 0.29) is 11.0 Å².